The molecule has 2 atom stereocenters. The first kappa shape index (κ1) is 13.6. The maximum atomic E-state index is 5.99. The van der Waals surface area contributed by atoms with Crippen LogP contribution in [0.1, 0.15) is 0 Å². The molecule has 6 heteroatoms. The molecule has 1 saturated heterocycles. The van der Waals surface area contributed by atoms with Crippen molar-refractivity contribution in [2.75, 3.05) is 45.2 Å². The molecule has 0 bridgehead atoms. The van der Waals surface area contributed by atoms with Crippen LogP contribution in [0.25, 0.3) is 0 Å². The Hall–Kier alpha value is -2.08. The Morgan fingerprint density at radius 3 is 2.68 bits per heavy atom. The molecule has 4 rings (SSSR count). The van der Waals surface area contributed by atoms with E-state index in [-0.39, 0.29) is 12.3 Å². The Labute approximate surface area is 130 Å². The van der Waals surface area contributed by atoms with Gasteiger partial charge in [-0.25, -0.2) is 0 Å². The summed E-state index contributed by atoms with van der Waals surface area (Å²) in [5.74, 6) is 1.85. The van der Waals surface area contributed by atoms with Gasteiger partial charge in [0.25, 0.3) is 0 Å². The lowest BCUT2D eigenvalue weighted by Crippen LogP contribution is -2.49. The fourth-order valence-electron chi connectivity index (χ4n) is 3.19. The first-order valence-electron chi connectivity index (χ1n) is 7.77. The number of fused-ring (bicyclic) bond motifs is 2. The van der Waals surface area contributed by atoms with Gasteiger partial charge in [-0.3, -0.25) is 0 Å². The molecule has 0 aliphatic carbocycles. The lowest BCUT2D eigenvalue weighted by molar-refractivity contribution is 0.150. The van der Waals surface area contributed by atoms with E-state index in [0.717, 1.165) is 43.4 Å². The Morgan fingerprint density at radius 2 is 1.86 bits per heavy atom. The number of anilines is 1. The van der Waals surface area contributed by atoms with E-state index < -0.39 is 0 Å². The molecule has 3 heterocycles. The van der Waals surface area contributed by atoms with Crippen LogP contribution in [0.5, 0.6) is 5.75 Å². The number of rotatable bonds is 1. The molecule has 0 spiro atoms. The van der Waals surface area contributed by atoms with Gasteiger partial charge in [0.2, 0.25) is 6.23 Å². The number of azo groups is 1. The van der Waals surface area contributed by atoms with Gasteiger partial charge >= 0.3 is 0 Å². The summed E-state index contributed by atoms with van der Waals surface area (Å²) in [6.07, 6.45) is 1.94. The van der Waals surface area contributed by atoms with E-state index >= 15 is 0 Å². The molecule has 1 aromatic carbocycles. The number of likely N-dealkylation sites (N-methyl/N-ethyl adjacent to an activating group) is 2. The van der Waals surface area contributed by atoms with Crippen molar-refractivity contribution in [3.05, 3.63) is 36.2 Å². The van der Waals surface area contributed by atoms with E-state index in [2.05, 4.69) is 51.2 Å². The number of benzene rings is 1. The minimum absolute atomic E-state index is 0.0991. The maximum Gasteiger partial charge on any atom is 0.232 e. The van der Waals surface area contributed by atoms with Crippen molar-refractivity contribution >= 4 is 5.69 Å². The molecule has 22 heavy (non-hydrogen) atoms. The Balaban J connectivity index is 1.59. The smallest absolute Gasteiger partial charge is 0.232 e. The van der Waals surface area contributed by atoms with Crippen molar-refractivity contribution in [2.45, 2.75) is 12.3 Å². The molecule has 1 aromatic rings. The Kier molecular flexibility index (Phi) is 3.26. The molecule has 6 nitrogen and oxygen atoms in total. The van der Waals surface area contributed by atoms with Crippen LogP contribution in [-0.4, -0.2) is 62.3 Å². The molecular formula is C16H21N5O. The van der Waals surface area contributed by atoms with Crippen molar-refractivity contribution in [2.24, 2.45) is 10.2 Å². The van der Waals surface area contributed by atoms with Gasteiger partial charge in [0.05, 0.1) is 5.69 Å². The minimum atomic E-state index is -0.254. The molecule has 0 N–H and O–H groups in total. The first-order chi connectivity index (χ1) is 10.7. The molecule has 3 aliphatic heterocycles. The van der Waals surface area contributed by atoms with Crippen molar-refractivity contribution in [3.8, 4) is 5.75 Å². The zero-order valence-electron chi connectivity index (χ0n) is 13.0. The van der Waals surface area contributed by atoms with Gasteiger partial charge in [0.15, 0.2) is 0 Å². The fourth-order valence-corrected chi connectivity index (χ4v) is 3.19. The first-order valence-corrected chi connectivity index (χ1v) is 7.77. The molecule has 0 amide bonds. The molecule has 0 saturated carbocycles. The second kappa shape index (κ2) is 5.28. The third kappa shape index (κ3) is 2.23. The largest absolute Gasteiger partial charge is 0.462 e. The quantitative estimate of drug-likeness (QED) is 0.792. The second-order valence-corrected chi connectivity index (χ2v) is 6.11. The summed E-state index contributed by atoms with van der Waals surface area (Å²) in [6, 6.07) is 8.19. The summed E-state index contributed by atoms with van der Waals surface area (Å²) in [5, 5.41) is 8.83. The van der Waals surface area contributed by atoms with E-state index in [1.807, 2.05) is 18.2 Å². The monoisotopic (exact) mass is 299 g/mol. The van der Waals surface area contributed by atoms with Gasteiger partial charge in [-0.15, -0.1) is 10.2 Å². The van der Waals surface area contributed by atoms with Crippen molar-refractivity contribution < 1.29 is 4.74 Å². The maximum absolute atomic E-state index is 5.99. The summed E-state index contributed by atoms with van der Waals surface area (Å²) in [6.45, 7) is 4.13. The zero-order valence-corrected chi connectivity index (χ0v) is 13.0. The number of hydrogen-bond donors (Lipinski definition) is 0. The average molecular weight is 299 g/mol. The summed E-state index contributed by atoms with van der Waals surface area (Å²) in [5.41, 5.74) is 1.11. The van der Waals surface area contributed by atoms with E-state index in [0.29, 0.717) is 0 Å². The van der Waals surface area contributed by atoms with Gasteiger partial charge in [0.1, 0.15) is 17.6 Å². The van der Waals surface area contributed by atoms with Gasteiger partial charge in [-0.05, 0) is 25.3 Å². The molecule has 0 radical (unpaired) electrons. The zero-order chi connectivity index (χ0) is 15.1. The molecule has 116 valence electrons. The molecular weight excluding hydrogens is 278 g/mol. The summed E-state index contributed by atoms with van der Waals surface area (Å²) in [7, 11) is 4.25. The molecule has 1 fully saturated rings. The summed E-state index contributed by atoms with van der Waals surface area (Å²) < 4.78 is 5.99. The number of ether oxygens (including phenoxy) is 1. The molecule has 3 aliphatic rings. The minimum Gasteiger partial charge on any atom is -0.462 e. The molecule has 0 unspecified atom stereocenters. The second-order valence-electron chi connectivity index (χ2n) is 6.11. The van der Waals surface area contributed by atoms with Crippen LogP contribution >= 0.6 is 0 Å². The highest BCUT2D eigenvalue weighted by molar-refractivity contribution is 5.61. The van der Waals surface area contributed by atoms with Crippen LogP contribution in [-0.2, 0) is 0 Å². The van der Waals surface area contributed by atoms with Crippen LogP contribution in [0.4, 0.5) is 5.69 Å². The topological polar surface area (TPSA) is 43.7 Å². The van der Waals surface area contributed by atoms with Crippen LogP contribution < -0.4 is 9.64 Å². The fraction of sp³-hybridized carbons (Fsp3) is 0.500. The summed E-state index contributed by atoms with van der Waals surface area (Å²) in [4.78, 5) is 6.89. The lowest BCUT2D eigenvalue weighted by Gasteiger charge is -2.41. The predicted octanol–water partition coefficient (Wildman–Crippen LogP) is 1.76. The number of hydrogen-bond acceptors (Lipinski definition) is 6. The SMILES string of the molecule is CN1CCN(C2=C[C@@H]3[C@@H](N=N2)Oc2ccccc2N3C)CC1. The van der Waals surface area contributed by atoms with Gasteiger partial charge in [-0.2, -0.15) is 0 Å². The standard InChI is InChI=1S/C16H21N5O/c1-19-7-9-21(10-8-19)15-11-13-16(18-17-15)22-14-6-4-3-5-12(14)20(13)2/h3-6,11,13,16H,7-10H2,1-2H3/t13-,16+/m1/s1. The van der Waals surface area contributed by atoms with Crippen LogP contribution in [0.2, 0.25) is 0 Å². The average Bonchev–Trinajstić information content (AvgIpc) is 2.56. The Bertz CT molecular complexity index is 621. The van der Waals surface area contributed by atoms with Crippen LogP contribution in [0.15, 0.2) is 46.4 Å². The van der Waals surface area contributed by atoms with Crippen molar-refractivity contribution in [1.29, 1.82) is 0 Å². The third-order valence-electron chi connectivity index (χ3n) is 4.65. The van der Waals surface area contributed by atoms with Gasteiger partial charge < -0.3 is 19.4 Å². The van der Waals surface area contributed by atoms with Crippen LogP contribution in [0.3, 0.4) is 0 Å². The van der Waals surface area contributed by atoms with Gasteiger partial charge in [0, 0.05) is 33.2 Å². The number of nitrogens with zero attached hydrogens (tertiary/aromatic N) is 5. The molecule has 0 aromatic heterocycles. The lowest BCUT2D eigenvalue weighted by atomic mass is 10.1. The highest BCUT2D eigenvalue weighted by atomic mass is 16.5. The van der Waals surface area contributed by atoms with Crippen molar-refractivity contribution in [1.82, 2.24) is 9.80 Å². The predicted molar refractivity (Wildman–Crippen MR) is 85.1 cm³/mol. The highest BCUT2D eigenvalue weighted by Gasteiger charge is 2.36. The van der Waals surface area contributed by atoms with E-state index in [1.165, 1.54) is 0 Å². The third-order valence-corrected chi connectivity index (χ3v) is 4.65. The number of piperazine rings is 1. The van der Waals surface area contributed by atoms with Crippen LogP contribution in [0, 0.1) is 0 Å². The Morgan fingerprint density at radius 1 is 1.09 bits per heavy atom. The van der Waals surface area contributed by atoms with Gasteiger partial charge in [-0.1, -0.05) is 12.1 Å². The highest BCUT2D eigenvalue weighted by Crippen LogP contribution is 2.37. The number of para-hydroxylation sites is 2. The normalized spacial score (nSPS) is 27.8. The van der Waals surface area contributed by atoms with E-state index in [1.54, 1.807) is 0 Å². The van der Waals surface area contributed by atoms with E-state index in [9.17, 15) is 0 Å². The summed E-state index contributed by atoms with van der Waals surface area (Å²) >= 11 is 0. The van der Waals surface area contributed by atoms with Crippen molar-refractivity contribution in [3.63, 3.8) is 0 Å². The van der Waals surface area contributed by atoms with E-state index in [4.69, 9.17) is 4.74 Å².